The van der Waals surface area contributed by atoms with Crippen LogP contribution in [-0.2, 0) is 4.79 Å². The Morgan fingerprint density at radius 2 is 1.94 bits per heavy atom. The molecule has 0 aliphatic heterocycles. The highest BCUT2D eigenvalue weighted by atomic mass is 127. The maximum absolute atomic E-state index is 12.3. The van der Waals surface area contributed by atoms with E-state index >= 15 is 0 Å². The van der Waals surface area contributed by atoms with Gasteiger partial charge in [0.25, 0.3) is 0 Å². The lowest BCUT2D eigenvalue weighted by Crippen LogP contribution is -2.13. The van der Waals surface area contributed by atoms with Crippen molar-refractivity contribution in [3.8, 4) is 11.1 Å². The van der Waals surface area contributed by atoms with E-state index in [0.29, 0.717) is 15.0 Å². The zero-order chi connectivity index (χ0) is 12.7. The van der Waals surface area contributed by atoms with Crippen molar-refractivity contribution in [2.45, 2.75) is 0 Å². The van der Waals surface area contributed by atoms with Gasteiger partial charge in [0, 0.05) is 16.5 Å². The molecule has 3 nitrogen and oxygen atoms in total. The van der Waals surface area contributed by atoms with Gasteiger partial charge in [0.15, 0.2) is 5.78 Å². The number of carbonyl (C=O) groups is 2. The predicted molar refractivity (Wildman–Crippen MR) is 80.7 cm³/mol. The summed E-state index contributed by atoms with van der Waals surface area (Å²) < 4.78 is 0.381. The Morgan fingerprint density at radius 3 is 2.67 bits per heavy atom. The van der Waals surface area contributed by atoms with E-state index in [1.165, 1.54) is 11.3 Å². The van der Waals surface area contributed by atoms with Crippen molar-refractivity contribution < 1.29 is 9.59 Å². The number of benzene rings is 1. The SMILES string of the molecule is O=C(CI)Nc1scc2c1C(=O)c1ccccc1-2. The van der Waals surface area contributed by atoms with Crippen molar-refractivity contribution in [3.05, 3.63) is 40.8 Å². The van der Waals surface area contributed by atoms with Crippen molar-refractivity contribution >= 4 is 50.6 Å². The first-order chi connectivity index (χ1) is 8.72. The van der Waals surface area contributed by atoms with Gasteiger partial charge in [-0.15, -0.1) is 11.3 Å². The molecule has 18 heavy (non-hydrogen) atoms. The summed E-state index contributed by atoms with van der Waals surface area (Å²) in [4.78, 5) is 23.7. The smallest absolute Gasteiger partial charge is 0.234 e. The second-order valence-electron chi connectivity index (χ2n) is 3.91. The minimum absolute atomic E-state index is 0.00519. The molecular formula is C13H8INO2S. The Morgan fingerprint density at radius 1 is 1.22 bits per heavy atom. The lowest BCUT2D eigenvalue weighted by molar-refractivity contribution is -0.113. The number of hydrogen-bond donors (Lipinski definition) is 1. The van der Waals surface area contributed by atoms with E-state index < -0.39 is 0 Å². The number of fused-ring (bicyclic) bond motifs is 3. The quantitative estimate of drug-likeness (QED) is 0.557. The molecule has 1 heterocycles. The molecule has 2 aromatic rings. The summed E-state index contributed by atoms with van der Waals surface area (Å²) >= 11 is 3.41. The van der Waals surface area contributed by atoms with Crippen LogP contribution in [0.25, 0.3) is 11.1 Å². The van der Waals surface area contributed by atoms with Crippen LogP contribution in [0, 0.1) is 0 Å². The van der Waals surface area contributed by atoms with Crippen LogP contribution < -0.4 is 5.32 Å². The van der Waals surface area contributed by atoms with Crippen molar-refractivity contribution in [2.24, 2.45) is 0 Å². The van der Waals surface area contributed by atoms with Gasteiger partial charge in [-0.2, -0.15) is 0 Å². The molecule has 0 bridgehead atoms. The summed E-state index contributed by atoms with van der Waals surface area (Å²) in [6, 6.07) is 7.54. The summed E-state index contributed by atoms with van der Waals surface area (Å²) in [6.45, 7) is 0. The highest BCUT2D eigenvalue weighted by Gasteiger charge is 2.30. The molecule has 0 unspecified atom stereocenters. The highest BCUT2D eigenvalue weighted by molar-refractivity contribution is 14.1. The van der Waals surface area contributed by atoms with E-state index in [1.807, 2.05) is 52.2 Å². The van der Waals surface area contributed by atoms with Gasteiger partial charge < -0.3 is 5.32 Å². The number of anilines is 1. The number of alkyl halides is 1. The first kappa shape index (κ1) is 11.9. The Bertz CT molecular complexity index is 663. The average Bonchev–Trinajstić information content (AvgIpc) is 2.92. The molecule has 1 aromatic carbocycles. The fraction of sp³-hybridized carbons (Fsp3) is 0.0769. The molecule has 1 N–H and O–H groups in total. The number of thiophene rings is 1. The van der Waals surface area contributed by atoms with Crippen molar-refractivity contribution in [2.75, 3.05) is 9.74 Å². The van der Waals surface area contributed by atoms with E-state index in [0.717, 1.165) is 16.7 Å². The van der Waals surface area contributed by atoms with Gasteiger partial charge >= 0.3 is 0 Å². The second kappa shape index (κ2) is 4.47. The molecule has 0 fully saturated rings. The first-order valence-electron chi connectivity index (χ1n) is 5.33. The van der Waals surface area contributed by atoms with Gasteiger partial charge in [-0.05, 0) is 5.56 Å². The third kappa shape index (κ3) is 1.69. The minimum atomic E-state index is -0.0796. The zero-order valence-electron chi connectivity index (χ0n) is 9.20. The van der Waals surface area contributed by atoms with Crippen molar-refractivity contribution in [3.63, 3.8) is 0 Å². The minimum Gasteiger partial charge on any atom is -0.316 e. The Labute approximate surface area is 121 Å². The van der Waals surface area contributed by atoms with Gasteiger partial charge in [-0.3, -0.25) is 9.59 Å². The normalized spacial score (nSPS) is 12.2. The largest absolute Gasteiger partial charge is 0.316 e. The van der Waals surface area contributed by atoms with Crippen molar-refractivity contribution in [1.29, 1.82) is 0 Å². The molecule has 1 aliphatic rings. The van der Waals surface area contributed by atoms with Gasteiger partial charge in [-0.25, -0.2) is 0 Å². The summed E-state index contributed by atoms with van der Waals surface area (Å²) in [5.41, 5.74) is 3.26. The monoisotopic (exact) mass is 369 g/mol. The number of ketones is 1. The van der Waals surface area contributed by atoms with E-state index in [4.69, 9.17) is 0 Å². The van der Waals surface area contributed by atoms with Gasteiger partial charge in [0.05, 0.1) is 9.99 Å². The van der Waals surface area contributed by atoms with Gasteiger partial charge in [0.2, 0.25) is 5.91 Å². The Hall–Kier alpha value is -1.21. The molecule has 90 valence electrons. The van der Waals surface area contributed by atoms with Crippen LogP contribution in [0.3, 0.4) is 0 Å². The Kier molecular flexibility index (Phi) is 2.95. The van der Waals surface area contributed by atoms with Crippen LogP contribution in [0.15, 0.2) is 29.6 Å². The van der Waals surface area contributed by atoms with E-state index in [1.54, 1.807) is 0 Å². The fourth-order valence-electron chi connectivity index (χ4n) is 2.08. The molecule has 0 spiro atoms. The van der Waals surface area contributed by atoms with E-state index in [2.05, 4.69) is 5.32 Å². The number of amides is 1. The standard InChI is InChI=1S/C13H8INO2S/c14-5-10(16)15-13-11-9(6-18-13)7-3-1-2-4-8(7)12(11)17/h1-4,6H,5H2,(H,15,16). The topological polar surface area (TPSA) is 46.2 Å². The summed E-state index contributed by atoms with van der Waals surface area (Å²) in [5.74, 6) is -0.0744. The maximum atomic E-state index is 12.3. The first-order valence-corrected chi connectivity index (χ1v) is 7.74. The maximum Gasteiger partial charge on any atom is 0.234 e. The third-order valence-electron chi connectivity index (χ3n) is 2.85. The number of hydrogen-bond acceptors (Lipinski definition) is 3. The molecule has 1 aromatic heterocycles. The number of carbonyl (C=O) groups excluding carboxylic acids is 2. The van der Waals surface area contributed by atoms with E-state index in [9.17, 15) is 9.59 Å². The van der Waals surface area contributed by atoms with Crippen LogP contribution in [0.5, 0.6) is 0 Å². The van der Waals surface area contributed by atoms with Crippen LogP contribution in [0.1, 0.15) is 15.9 Å². The molecular weight excluding hydrogens is 361 g/mol. The predicted octanol–water partition coefficient (Wildman–Crippen LogP) is 3.33. The second-order valence-corrected chi connectivity index (χ2v) is 5.55. The zero-order valence-corrected chi connectivity index (χ0v) is 12.2. The number of nitrogens with one attached hydrogen (secondary N) is 1. The lowest BCUT2D eigenvalue weighted by Gasteiger charge is -2.01. The van der Waals surface area contributed by atoms with Crippen LogP contribution >= 0.6 is 33.9 Å². The van der Waals surface area contributed by atoms with Crippen LogP contribution in [0.2, 0.25) is 0 Å². The van der Waals surface area contributed by atoms with Crippen molar-refractivity contribution in [1.82, 2.24) is 0 Å². The molecule has 0 atom stereocenters. The summed E-state index contributed by atoms with van der Waals surface area (Å²) in [5, 5.41) is 5.38. The fourth-order valence-corrected chi connectivity index (χ4v) is 3.25. The molecule has 1 aliphatic carbocycles. The molecule has 5 heteroatoms. The highest BCUT2D eigenvalue weighted by Crippen LogP contribution is 2.44. The third-order valence-corrected chi connectivity index (χ3v) is 4.44. The molecule has 0 saturated carbocycles. The Balaban J connectivity index is 2.10. The molecule has 3 rings (SSSR count). The van der Waals surface area contributed by atoms with Crippen LogP contribution in [0.4, 0.5) is 5.00 Å². The van der Waals surface area contributed by atoms with E-state index in [-0.39, 0.29) is 11.7 Å². The lowest BCUT2D eigenvalue weighted by atomic mass is 10.1. The summed E-state index contributed by atoms with van der Waals surface area (Å²) in [7, 11) is 0. The van der Waals surface area contributed by atoms with Gasteiger partial charge in [0.1, 0.15) is 5.00 Å². The van der Waals surface area contributed by atoms with Gasteiger partial charge in [-0.1, -0.05) is 46.9 Å². The van der Waals surface area contributed by atoms with Crippen LogP contribution in [-0.4, -0.2) is 16.1 Å². The number of halogens is 1. The average molecular weight is 369 g/mol. The molecule has 1 amide bonds. The molecule has 0 radical (unpaired) electrons. The number of rotatable bonds is 2. The summed E-state index contributed by atoms with van der Waals surface area (Å²) in [6.07, 6.45) is 0. The molecule has 0 saturated heterocycles.